The number of nitrogens with one attached hydrogen (secondary N) is 1. The van der Waals surface area contributed by atoms with Crippen molar-refractivity contribution in [1.82, 2.24) is 30.0 Å². The van der Waals surface area contributed by atoms with E-state index in [-0.39, 0.29) is 5.91 Å². The van der Waals surface area contributed by atoms with Crippen molar-refractivity contribution in [3.63, 3.8) is 0 Å². The number of piperidine rings is 1. The maximum Gasteiger partial charge on any atom is 0.244 e. The van der Waals surface area contributed by atoms with Crippen LogP contribution >= 0.6 is 0 Å². The van der Waals surface area contributed by atoms with Crippen LogP contribution in [0.2, 0.25) is 0 Å². The Morgan fingerprint density at radius 1 is 1.15 bits per heavy atom. The first-order chi connectivity index (χ1) is 12.8. The van der Waals surface area contributed by atoms with Crippen LogP contribution in [0.5, 0.6) is 0 Å². The second-order valence-corrected chi connectivity index (χ2v) is 6.87. The standard InChI is InChI=1S/C18H25N7O/c26-17(14-25-16(4-8-22-25)15-3-1-5-19-13-15)23-9-11-24(12-10-23)18-20-6-2-7-21-18/h2,4,6-8,15,19H,1,3,5,9-14H2. The predicted molar refractivity (Wildman–Crippen MR) is 97.9 cm³/mol. The molecule has 0 aliphatic carbocycles. The van der Waals surface area contributed by atoms with Gasteiger partial charge in [0.05, 0.1) is 0 Å². The fraction of sp³-hybridized carbons (Fsp3) is 0.556. The van der Waals surface area contributed by atoms with Crippen molar-refractivity contribution >= 4 is 11.9 Å². The van der Waals surface area contributed by atoms with Gasteiger partial charge in [0, 0.05) is 62.9 Å². The lowest BCUT2D eigenvalue weighted by atomic mass is 9.96. The van der Waals surface area contributed by atoms with Crippen molar-refractivity contribution in [1.29, 1.82) is 0 Å². The van der Waals surface area contributed by atoms with Gasteiger partial charge in [0.15, 0.2) is 0 Å². The summed E-state index contributed by atoms with van der Waals surface area (Å²) in [6.07, 6.45) is 7.64. The van der Waals surface area contributed by atoms with Gasteiger partial charge < -0.3 is 15.1 Å². The third-order valence-electron chi connectivity index (χ3n) is 5.22. The molecule has 8 nitrogen and oxygen atoms in total. The van der Waals surface area contributed by atoms with Crippen LogP contribution in [0.3, 0.4) is 0 Å². The topological polar surface area (TPSA) is 79.2 Å². The zero-order chi connectivity index (χ0) is 17.8. The van der Waals surface area contributed by atoms with Gasteiger partial charge in [0.25, 0.3) is 0 Å². The number of carbonyl (C=O) groups excluding carboxylic acids is 1. The number of hydrogen-bond acceptors (Lipinski definition) is 6. The smallest absolute Gasteiger partial charge is 0.244 e. The normalized spacial score (nSPS) is 21.0. The molecule has 138 valence electrons. The lowest BCUT2D eigenvalue weighted by Gasteiger charge is -2.34. The van der Waals surface area contributed by atoms with E-state index in [0.717, 1.165) is 38.5 Å². The van der Waals surface area contributed by atoms with Crippen LogP contribution in [0.4, 0.5) is 5.95 Å². The molecular weight excluding hydrogens is 330 g/mol. The highest BCUT2D eigenvalue weighted by molar-refractivity contribution is 5.76. The molecule has 8 heteroatoms. The molecule has 2 saturated heterocycles. The molecule has 2 aromatic heterocycles. The Bertz CT molecular complexity index is 718. The van der Waals surface area contributed by atoms with E-state index in [4.69, 9.17) is 0 Å². The summed E-state index contributed by atoms with van der Waals surface area (Å²) in [5.74, 6) is 1.32. The maximum absolute atomic E-state index is 12.7. The van der Waals surface area contributed by atoms with Crippen LogP contribution in [0.25, 0.3) is 0 Å². The Kier molecular flexibility index (Phi) is 5.10. The summed E-state index contributed by atoms with van der Waals surface area (Å²) in [4.78, 5) is 25.4. The fourth-order valence-corrected chi connectivity index (χ4v) is 3.76. The molecule has 26 heavy (non-hydrogen) atoms. The first-order valence-corrected chi connectivity index (χ1v) is 9.33. The molecule has 1 atom stereocenters. The maximum atomic E-state index is 12.7. The third kappa shape index (κ3) is 3.70. The summed E-state index contributed by atoms with van der Waals surface area (Å²) in [5, 5.41) is 7.83. The summed E-state index contributed by atoms with van der Waals surface area (Å²) >= 11 is 0. The SMILES string of the molecule is O=C(Cn1nccc1C1CCCNC1)N1CCN(c2ncccn2)CC1. The zero-order valence-electron chi connectivity index (χ0n) is 14.9. The van der Waals surface area contributed by atoms with E-state index in [2.05, 4.69) is 31.3 Å². The monoisotopic (exact) mass is 355 g/mol. The number of rotatable bonds is 4. The van der Waals surface area contributed by atoms with Crippen LogP contribution in [0.15, 0.2) is 30.7 Å². The van der Waals surface area contributed by atoms with Gasteiger partial charge in [-0.15, -0.1) is 0 Å². The molecule has 2 fully saturated rings. The van der Waals surface area contributed by atoms with Crippen LogP contribution < -0.4 is 10.2 Å². The summed E-state index contributed by atoms with van der Waals surface area (Å²) in [6.45, 7) is 5.27. The molecule has 2 aliphatic heterocycles. The molecule has 1 unspecified atom stereocenters. The first kappa shape index (κ1) is 17.0. The second-order valence-electron chi connectivity index (χ2n) is 6.87. The quantitative estimate of drug-likeness (QED) is 0.860. The van der Waals surface area contributed by atoms with Crippen molar-refractivity contribution in [2.24, 2.45) is 0 Å². The summed E-state index contributed by atoms with van der Waals surface area (Å²) in [6, 6.07) is 3.86. The number of carbonyl (C=O) groups is 1. The summed E-state index contributed by atoms with van der Waals surface area (Å²) < 4.78 is 1.88. The number of hydrogen-bond donors (Lipinski definition) is 1. The van der Waals surface area contributed by atoms with Gasteiger partial charge in [-0.25, -0.2) is 9.97 Å². The Balaban J connectivity index is 1.34. The number of piperazine rings is 1. The van der Waals surface area contributed by atoms with Gasteiger partial charge in [-0.1, -0.05) is 0 Å². The summed E-state index contributed by atoms with van der Waals surface area (Å²) in [7, 11) is 0. The van der Waals surface area contributed by atoms with E-state index in [0.29, 0.717) is 25.6 Å². The van der Waals surface area contributed by atoms with Crippen molar-refractivity contribution < 1.29 is 4.79 Å². The highest BCUT2D eigenvalue weighted by Crippen LogP contribution is 2.23. The van der Waals surface area contributed by atoms with E-state index in [1.165, 1.54) is 12.1 Å². The average molecular weight is 355 g/mol. The first-order valence-electron chi connectivity index (χ1n) is 9.33. The molecular formula is C18H25N7O. The van der Waals surface area contributed by atoms with Gasteiger partial charge in [0.1, 0.15) is 6.54 Å². The molecule has 1 N–H and O–H groups in total. The highest BCUT2D eigenvalue weighted by atomic mass is 16.2. The third-order valence-corrected chi connectivity index (χ3v) is 5.22. The number of anilines is 1. The molecule has 2 aromatic rings. The van der Waals surface area contributed by atoms with Crippen molar-refractivity contribution in [2.75, 3.05) is 44.2 Å². The van der Waals surface area contributed by atoms with E-state index < -0.39 is 0 Å². The second kappa shape index (κ2) is 7.82. The molecule has 0 saturated carbocycles. The number of aromatic nitrogens is 4. The van der Waals surface area contributed by atoms with Gasteiger partial charge >= 0.3 is 0 Å². The van der Waals surface area contributed by atoms with E-state index in [9.17, 15) is 4.79 Å². The predicted octanol–water partition coefficient (Wildman–Crippen LogP) is 0.489. The minimum atomic E-state index is 0.132. The minimum absolute atomic E-state index is 0.132. The van der Waals surface area contributed by atoms with Crippen molar-refractivity contribution in [2.45, 2.75) is 25.3 Å². The molecule has 4 heterocycles. The lowest BCUT2D eigenvalue weighted by Crippen LogP contribution is -2.50. The number of nitrogens with zero attached hydrogens (tertiary/aromatic N) is 6. The number of amides is 1. The lowest BCUT2D eigenvalue weighted by molar-refractivity contribution is -0.132. The van der Waals surface area contributed by atoms with E-state index in [1.807, 2.05) is 21.8 Å². The van der Waals surface area contributed by atoms with E-state index >= 15 is 0 Å². The largest absolute Gasteiger partial charge is 0.338 e. The van der Waals surface area contributed by atoms with Crippen LogP contribution in [0.1, 0.15) is 24.5 Å². The Morgan fingerprint density at radius 2 is 1.96 bits per heavy atom. The van der Waals surface area contributed by atoms with Crippen molar-refractivity contribution in [3.05, 3.63) is 36.4 Å². The van der Waals surface area contributed by atoms with Crippen molar-refractivity contribution in [3.8, 4) is 0 Å². The molecule has 4 rings (SSSR count). The fourth-order valence-electron chi connectivity index (χ4n) is 3.76. The molecule has 2 aliphatic rings. The molecule has 0 aromatic carbocycles. The summed E-state index contributed by atoms with van der Waals surface area (Å²) in [5.41, 5.74) is 1.17. The molecule has 0 spiro atoms. The molecule has 0 bridgehead atoms. The van der Waals surface area contributed by atoms with Gasteiger partial charge in [-0.2, -0.15) is 5.10 Å². The van der Waals surface area contributed by atoms with Gasteiger partial charge in [0.2, 0.25) is 11.9 Å². The Morgan fingerprint density at radius 3 is 2.69 bits per heavy atom. The minimum Gasteiger partial charge on any atom is -0.338 e. The van der Waals surface area contributed by atoms with E-state index in [1.54, 1.807) is 12.4 Å². The van der Waals surface area contributed by atoms with Crippen LogP contribution in [-0.4, -0.2) is 69.8 Å². The van der Waals surface area contributed by atoms with Crippen LogP contribution in [0, 0.1) is 0 Å². The highest BCUT2D eigenvalue weighted by Gasteiger charge is 2.25. The van der Waals surface area contributed by atoms with Gasteiger partial charge in [-0.05, 0) is 31.5 Å². The average Bonchev–Trinajstić information content (AvgIpc) is 3.17. The Hall–Kier alpha value is -2.48. The van der Waals surface area contributed by atoms with Crippen LogP contribution in [-0.2, 0) is 11.3 Å². The Labute approximate surface area is 153 Å². The molecule has 0 radical (unpaired) electrons. The van der Waals surface area contributed by atoms with Gasteiger partial charge in [-0.3, -0.25) is 9.48 Å². The zero-order valence-corrected chi connectivity index (χ0v) is 14.9. The molecule has 1 amide bonds.